The number of pyridine rings is 1. The fraction of sp³-hybridized carbons (Fsp3) is 0.545. The van der Waals surface area contributed by atoms with Gasteiger partial charge in [-0.15, -0.1) is 0 Å². The van der Waals surface area contributed by atoms with Gasteiger partial charge in [0.2, 0.25) is 0 Å². The van der Waals surface area contributed by atoms with Gasteiger partial charge in [0, 0.05) is 25.3 Å². The quantitative estimate of drug-likeness (QED) is 0.800. The number of aromatic nitrogens is 1. The number of hydrogen-bond acceptors (Lipinski definition) is 4. The molecule has 0 aliphatic carbocycles. The first-order valence-corrected chi connectivity index (χ1v) is 5.64. The van der Waals surface area contributed by atoms with E-state index >= 15 is 0 Å². The van der Waals surface area contributed by atoms with Gasteiger partial charge in [0.05, 0.1) is 23.5 Å². The van der Waals surface area contributed by atoms with E-state index in [0.29, 0.717) is 17.9 Å². The van der Waals surface area contributed by atoms with Crippen LogP contribution in [-0.4, -0.2) is 30.3 Å². The molecule has 7 heteroatoms. The van der Waals surface area contributed by atoms with Gasteiger partial charge in [-0.3, -0.25) is 4.98 Å². The Balaban J connectivity index is 2.22. The second-order valence-corrected chi connectivity index (χ2v) is 4.57. The molecule has 0 spiro atoms. The van der Waals surface area contributed by atoms with Crippen LogP contribution in [0.15, 0.2) is 18.5 Å². The van der Waals surface area contributed by atoms with E-state index in [1.165, 1.54) is 12.4 Å². The van der Waals surface area contributed by atoms with E-state index in [2.05, 4.69) is 4.98 Å². The van der Waals surface area contributed by atoms with E-state index in [1.54, 1.807) is 11.0 Å². The summed E-state index contributed by atoms with van der Waals surface area (Å²) in [5, 5.41) is 0. The maximum atomic E-state index is 12.8. The Morgan fingerprint density at radius 3 is 2.67 bits per heavy atom. The third-order valence-corrected chi connectivity index (χ3v) is 3.11. The number of anilines is 2. The molecule has 1 aliphatic heterocycles. The lowest BCUT2D eigenvalue weighted by Crippen LogP contribution is -2.51. The molecule has 2 unspecified atom stereocenters. The number of piperidine rings is 1. The highest BCUT2D eigenvalue weighted by atomic mass is 19.4. The first-order valence-electron chi connectivity index (χ1n) is 5.64. The topological polar surface area (TPSA) is 68.2 Å². The largest absolute Gasteiger partial charge is 0.396 e. The molecule has 1 aromatic rings. The van der Waals surface area contributed by atoms with Crippen LogP contribution < -0.4 is 16.4 Å². The highest BCUT2D eigenvalue weighted by Crippen LogP contribution is 2.35. The smallest absolute Gasteiger partial charge is 0.393 e. The minimum Gasteiger partial charge on any atom is -0.396 e. The van der Waals surface area contributed by atoms with Crippen molar-refractivity contribution in [2.45, 2.75) is 18.6 Å². The van der Waals surface area contributed by atoms with Crippen LogP contribution in [-0.2, 0) is 0 Å². The maximum Gasteiger partial charge on any atom is 0.393 e. The van der Waals surface area contributed by atoms with Gasteiger partial charge in [0.15, 0.2) is 0 Å². The molecule has 18 heavy (non-hydrogen) atoms. The molecule has 0 amide bonds. The van der Waals surface area contributed by atoms with Gasteiger partial charge in [0.1, 0.15) is 0 Å². The molecule has 100 valence electrons. The predicted molar refractivity (Wildman–Crippen MR) is 63.0 cm³/mol. The molecular formula is C11H15F3N4. The second kappa shape index (κ2) is 4.64. The lowest BCUT2D eigenvalue weighted by Gasteiger charge is -2.38. The summed E-state index contributed by atoms with van der Waals surface area (Å²) in [5.74, 6) is -1.41. The van der Waals surface area contributed by atoms with Crippen molar-refractivity contribution in [3.63, 3.8) is 0 Å². The molecule has 0 aromatic carbocycles. The Morgan fingerprint density at radius 1 is 1.33 bits per heavy atom. The number of alkyl halides is 3. The predicted octanol–water partition coefficient (Wildman–Crippen LogP) is 1.38. The number of hydrogen-bond donors (Lipinski definition) is 2. The average Bonchev–Trinajstić information content (AvgIpc) is 2.27. The van der Waals surface area contributed by atoms with Crippen molar-refractivity contribution < 1.29 is 13.2 Å². The average molecular weight is 260 g/mol. The minimum atomic E-state index is -4.22. The summed E-state index contributed by atoms with van der Waals surface area (Å²) in [4.78, 5) is 5.41. The van der Waals surface area contributed by atoms with Crippen LogP contribution in [0.4, 0.5) is 24.5 Å². The minimum absolute atomic E-state index is 0.0367. The zero-order chi connectivity index (χ0) is 13.3. The summed E-state index contributed by atoms with van der Waals surface area (Å²) < 4.78 is 38.3. The van der Waals surface area contributed by atoms with E-state index in [-0.39, 0.29) is 13.0 Å². The van der Waals surface area contributed by atoms with Crippen LogP contribution in [0.25, 0.3) is 0 Å². The molecule has 1 fully saturated rings. The van der Waals surface area contributed by atoms with Crippen molar-refractivity contribution >= 4 is 11.4 Å². The summed E-state index contributed by atoms with van der Waals surface area (Å²) >= 11 is 0. The van der Waals surface area contributed by atoms with Crippen LogP contribution in [0, 0.1) is 5.92 Å². The Hall–Kier alpha value is -1.50. The summed E-state index contributed by atoms with van der Waals surface area (Å²) in [6.07, 6.45) is -1.32. The zero-order valence-corrected chi connectivity index (χ0v) is 9.69. The Bertz CT molecular complexity index is 421. The molecule has 0 radical (unpaired) electrons. The lowest BCUT2D eigenvalue weighted by atomic mass is 9.93. The molecule has 1 aliphatic rings. The second-order valence-electron chi connectivity index (χ2n) is 4.57. The number of halogens is 3. The Morgan fingerprint density at radius 2 is 2.06 bits per heavy atom. The highest BCUT2D eigenvalue weighted by molar-refractivity contribution is 5.66. The first-order chi connectivity index (χ1) is 8.38. The van der Waals surface area contributed by atoms with Crippen molar-refractivity contribution in [2.75, 3.05) is 23.7 Å². The number of rotatable bonds is 1. The lowest BCUT2D eigenvalue weighted by molar-refractivity contribution is -0.177. The van der Waals surface area contributed by atoms with Gasteiger partial charge < -0.3 is 16.4 Å². The van der Waals surface area contributed by atoms with Gasteiger partial charge in [-0.1, -0.05) is 0 Å². The van der Waals surface area contributed by atoms with Crippen molar-refractivity contribution in [3.8, 4) is 0 Å². The van der Waals surface area contributed by atoms with E-state index in [1.807, 2.05) is 0 Å². The van der Waals surface area contributed by atoms with Crippen molar-refractivity contribution in [1.82, 2.24) is 4.98 Å². The van der Waals surface area contributed by atoms with Gasteiger partial charge in [-0.2, -0.15) is 13.2 Å². The SMILES string of the molecule is Nc1cnccc1N1CC(N)CC(C(F)(F)F)C1. The normalized spacial score (nSPS) is 25.2. The fourth-order valence-corrected chi connectivity index (χ4v) is 2.26. The molecule has 0 bridgehead atoms. The van der Waals surface area contributed by atoms with Crippen LogP contribution >= 0.6 is 0 Å². The molecule has 0 saturated carbocycles. The Labute approximate surface area is 103 Å². The van der Waals surface area contributed by atoms with Crippen LogP contribution in [0.2, 0.25) is 0 Å². The standard InChI is InChI=1S/C11H15F3N4/c12-11(13,14)7-3-8(15)6-18(5-7)10-1-2-17-4-9(10)16/h1-2,4,7-8H,3,5-6,15-16H2. The zero-order valence-electron chi connectivity index (χ0n) is 9.69. The monoisotopic (exact) mass is 260 g/mol. The molecule has 1 aromatic heterocycles. The molecule has 2 rings (SSSR count). The first kappa shape index (κ1) is 12.9. The van der Waals surface area contributed by atoms with E-state index < -0.39 is 18.1 Å². The molecule has 4 nitrogen and oxygen atoms in total. The molecule has 4 N–H and O–H groups in total. The summed E-state index contributed by atoms with van der Waals surface area (Å²) in [6, 6.07) is 1.11. The van der Waals surface area contributed by atoms with Crippen LogP contribution in [0.3, 0.4) is 0 Å². The van der Waals surface area contributed by atoms with Gasteiger partial charge in [-0.25, -0.2) is 0 Å². The number of nitrogens with zero attached hydrogens (tertiary/aromatic N) is 2. The highest BCUT2D eigenvalue weighted by Gasteiger charge is 2.44. The third-order valence-electron chi connectivity index (χ3n) is 3.11. The van der Waals surface area contributed by atoms with Gasteiger partial charge >= 0.3 is 6.18 Å². The van der Waals surface area contributed by atoms with Crippen LogP contribution in [0.1, 0.15) is 6.42 Å². The third kappa shape index (κ3) is 2.66. The van der Waals surface area contributed by atoms with E-state index in [4.69, 9.17) is 11.5 Å². The van der Waals surface area contributed by atoms with E-state index in [0.717, 1.165) is 0 Å². The summed E-state index contributed by atoms with van der Waals surface area (Å²) in [7, 11) is 0. The Kier molecular flexibility index (Phi) is 3.34. The molecular weight excluding hydrogens is 245 g/mol. The van der Waals surface area contributed by atoms with Crippen molar-refractivity contribution in [1.29, 1.82) is 0 Å². The fourth-order valence-electron chi connectivity index (χ4n) is 2.26. The number of nitrogens with two attached hydrogens (primary N) is 2. The van der Waals surface area contributed by atoms with Crippen molar-refractivity contribution in [2.24, 2.45) is 11.7 Å². The molecule has 2 heterocycles. The maximum absolute atomic E-state index is 12.8. The van der Waals surface area contributed by atoms with Crippen molar-refractivity contribution in [3.05, 3.63) is 18.5 Å². The number of nitrogen functional groups attached to an aromatic ring is 1. The van der Waals surface area contributed by atoms with Gasteiger partial charge in [0.25, 0.3) is 0 Å². The molecule has 1 saturated heterocycles. The van der Waals surface area contributed by atoms with E-state index in [9.17, 15) is 13.2 Å². The molecule has 2 atom stereocenters. The van der Waals surface area contributed by atoms with Crippen LogP contribution in [0.5, 0.6) is 0 Å². The summed E-state index contributed by atoms with van der Waals surface area (Å²) in [6.45, 7) is 0.270. The van der Waals surface area contributed by atoms with Gasteiger partial charge in [-0.05, 0) is 12.5 Å². The summed E-state index contributed by atoms with van der Waals surface area (Å²) in [5.41, 5.74) is 12.4.